The van der Waals surface area contributed by atoms with Gasteiger partial charge in [0.15, 0.2) is 0 Å². The first-order valence-corrected chi connectivity index (χ1v) is 9.53. The SMILES string of the molecule is CC(C)c1c(CN(C)C(=O)O)cn(S(=O)(=O)c2ccccc2)c1Br. The van der Waals surface area contributed by atoms with Gasteiger partial charge >= 0.3 is 6.09 Å². The second-order valence-corrected chi connectivity index (χ2v) is 8.33. The van der Waals surface area contributed by atoms with Gasteiger partial charge in [-0.05, 0) is 45.1 Å². The standard InChI is InChI=1S/C16H19BrN2O4S/c1-11(2)14-12(9-18(3)16(20)21)10-19(15(14)17)24(22,23)13-7-5-4-6-8-13/h4-8,10-11H,9H2,1-3H3,(H,20,21). The van der Waals surface area contributed by atoms with Crippen molar-refractivity contribution >= 4 is 32.0 Å². The Kier molecular flexibility index (Phi) is 5.39. The van der Waals surface area contributed by atoms with Crippen molar-refractivity contribution in [3.05, 3.63) is 52.3 Å². The Morgan fingerprint density at radius 3 is 2.38 bits per heavy atom. The summed E-state index contributed by atoms with van der Waals surface area (Å²) < 4.78 is 27.3. The summed E-state index contributed by atoms with van der Waals surface area (Å²) >= 11 is 3.38. The molecule has 0 radical (unpaired) electrons. The van der Waals surface area contributed by atoms with Crippen molar-refractivity contribution in [1.29, 1.82) is 0 Å². The lowest BCUT2D eigenvalue weighted by Gasteiger charge is -2.14. The third-order valence-electron chi connectivity index (χ3n) is 3.65. The minimum absolute atomic E-state index is 0.0313. The van der Waals surface area contributed by atoms with Crippen molar-refractivity contribution in [1.82, 2.24) is 8.87 Å². The molecular formula is C16H19BrN2O4S. The normalized spacial score (nSPS) is 11.7. The molecule has 0 bridgehead atoms. The summed E-state index contributed by atoms with van der Waals surface area (Å²) in [6.07, 6.45) is 0.417. The van der Waals surface area contributed by atoms with Crippen molar-refractivity contribution in [2.45, 2.75) is 31.2 Å². The zero-order chi connectivity index (χ0) is 18.1. The summed E-state index contributed by atoms with van der Waals surface area (Å²) in [7, 11) is -2.31. The molecule has 1 heterocycles. The van der Waals surface area contributed by atoms with Gasteiger partial charge in [0.2, 0.25) is 0 Å². The first-order valence-electron chi connectivity index (χ1n) is 7.30. The molecule has 6 nitrogen and oxygen atoms in total. The van der Waals surface area contributed by atoms with Crippen LogP contribution in [0.3, 0.4) is 0 Å². The van der Waals surface area contributed by atoms with E-state index < -0.39 is 16.1 Å². The molecule has 0 atom stereocenters. The smallest absolute Gasteiger partial charge is 0.407 e. The van der Waals surface area contributed by atoms with Crippen LogP contribution in [0.5, 0.6) is 0 Å². The van der Waals surface area contributed by atoms with Crippen molar-refractivity contribution in [2.24, 2.45) is 0 Å². The highest BCUT2D eigenvalue weighted by molar-refractivity contribution is 9.10. The van der Waals surface area contributed by atoms with E-state index in [-0.39, 0.29) is 17.4 Å². The van der Waals surface area contributed by atoms with Gasteiger partial charge in [0.1, 0.15) is 4.60 Å². The van der Waals surface area contributed by atoms with E-state index >= 15 is 0 Å². The Morgan fingerprint density at radius 2 is 1.88 bits per heavy atom. The molecule has 0 aliphatic heterocycles. The van der Waals surface area contributed by atoms with Gasteiger partial charge in [0.05, 0.1) is 11.4 Å². The van der Waals surface area contributed by atoms with Crippen LogP contribution in [0, 0.1) is 0 Å². The first-order chi connectivity index (χ1) is 11.2. The maximum atomic E-state index is 12.9. The van der Waals surface area contributed by atoms with Gasteiger partial charge in [-0.15, -0.1) is 0 Å². The molecule has 130 valence electrons. The van der Waals surface area contributed by atoms with Gasteiger partial charge in [0.25, 0.3) is 10.0 Å². The maximum absolute atomic E-state index is 12.9. The molecule has 0 spiro atoms. The molecule has 2 aromatic rings. The molecule has 24 heavy (non-hydrogen) atoms. The number of hydrogen-bond acceptors (Lipinski definition) is 3. The average Bonchev–Trinajstić information content (AvgIpc) is 2.85. The zero-order valence-electron chi connectivity index (χ0n) is 13.6. The minimum Gasteiger partial charge on any atom is -0.465 e. The van der Waals surface area contributed by atoms with Gasteiger partial charge in [-0.25, -0.2) is 17.2 Å². The molecule has 0 aliphatic carbocycles. The fourth-order valence-electron chi connectivity index (χ4n) is 2.46. The molecule has 0 aliphatic rings. The van der Waals surface area contributed by atoms with Crippen molar-refractivity contribution in [2.75, 3.05) is 7.05 Å². The number of aromatic nitrogens is 1. The lowest BCUT2D eigenvalue weighted by atomic mass is 10.0. The van der Waals surface area contributed by atoms with Crippen molar-refractivity contribution < 1.29 is 18.3 Å². The number of carbonyl (C=O) groups is 1. The first kappa shape index (κ1) is 18.5. The monoisotopic (exact) mass is 414 g/mol. The number of rotatable bonds is 5. The van der Waals surface area contributed by atoms with Gasteiger partial charge in [-0.2, -0.15) is 0 Å². The molecule has 1 aromatic carbocycles. The summed E-state index contributed by atoms with van der Waals surface area (Å²) in [5.41, 5.74) is 1.43. The molecule has 2 rings (SSSR count). The summed E-state index contributed by atoms with van der Waals surface area (Å²) in [6, 6.07) is 8.12. The maximum Gasteiger partial charge on any atom is 0.407 e. The molecule has 0 fully saturated rings. The quantitative estimate of drug-likeness (QED) is 0.807. The number of amides is 1. The Labute approximate surface area is 149 Å². The van der Waals surface area contributed by atoms with E-state index in [0.29, 0.717) is 10.2 Å². The van der Waals surface area contributed by atoms with E-state index in [9.17, 15) is 13.2 Å². The third kappa shape index (κ3) is 3.49. The van der Waals surface area contributed by atoms with Crippen LogP contribution in [0.25, 0.3) is 0 Å². The van der Waals surface area contributed by atoms with E-state index in [2.05, 4.69) is 15.9 Å². The Balaban J connectivity index is 2.59. The van der Waals surface area contributed by atoms with Gasteiger partial charge in [0, 0.05) is 13.2 Å². The van der Waals surface area contributed by atoms with Gasteiger partial charge in [-0.3, -0.25) is 0 Å². The Hall–Kier alpha value is -1.80. The minimum atomic E-state index is -3.76. The summed E-state index contributed by atoms with van der Waals surface area (Å²) in [5.74, 6) is 0.0313. The van der Waals surface area contributed by atoms with Crippen LogP contribution in [0.1, 0.15) is 30.9 Å². The summed E-state index contributed by atoms with van der Waals surface area (Å²) in [5, 5.41) is 9.08. The van der Waals surface area contributed by atoms with Crippen LogP contribution in [-0.2, 0) is 16.6 Å². The lowest BCUT2D eigenvalue weighted by molar-refractivity contribution is 0.153. The van der Waals surface area contributed by atoms with E-state index in [0.717, 1.165) is 10.5 Å². The zero-order valence-corrected chi connectivity index (χ0v) is 16.0. The van der Waals surface area contributed by atoms with Crippen molar-refractivity contribution in [3.63, 3.8) is 0 Å². The largest absolute Gasteiger partial charge is 0.465 e. The topological polar surface area (TPSA) is 79.6 Å². The Morgan fingerprint density at radius 1 is 1.29 bits per heavy atom. The predicted molar refractivity (Wildman–Crippen MR) is 94.7 cm³/mol. The predicted octanol–water partition coefficient (Wildman–Crippen LogP) is 3.72. The van der Waals surface area contributed by atoms with Crippen molar-refractivity contribution in [3.8, 4) is 0 Å². The molecule has 0 saturated heterocycles. The molecule has 1 amide bonds. The fraction of sp³-hybridized carbons (Fsp3) is 0.312. The average molecular weight is 415 g/mol. The molecule has 1 N–H and O–H groups in total. The van der Waals surface area contributed by atoms with E-state index in [1.54, 1.807) is 18.2 Å². The number of nitrogens with zero attached hydrogens (tertiary/aromatic N) is 2. The number of halogens is 1. The summed E-state index contributed by atoms with van der Waals surface area (Å²) in [4.78, 5) is 12.4. The number of carboxylic acid groups (broad SMARTS) is 1. The third-order valence-corrected chi connectivity index (χ3v) is 6.36. The van der Waals surface area contributed by atoms with Crippen LogP contribution in [-0.4, -0.2) is 35.5 Å². The molecule has 1 aromatic heterocycles. The van der Waals surface area contributed by atoms with Crippen LogP contribution in [0.4, 0.5) is 4.79 Å². The second kappa shape index (κ2) is 6.98. The molecule has 0 unspecified atom stereocenters. The highest BCUT2D eigenvalue weighted by atomic mass is 79.9. The highest BCUT2D eigenvalue weighted by Gasteiger charge is 2.26. The number of hydrogen-bond donors (Lipinski definition) is 1. The van der Waals surface area contributed by atoms with E-state index in [1.165, 1.54) is 29.3 Å². The number of benzene rings is 1. The van der Waals surface area contributed by atoms with E-state index in [4.69, 9.17) is 5.11 Å². The fourth-order valence-corrected chi connectivity index (χ4v) is 5.15. The second-order valence-electron chi connectivity index (χ2n) is 5.77. The molecule has 8 heteroatoms. The highest BCUT2D eigenvalue weighted by Crippen LogP contribution is 2.33. The van der Waals surface area contributed by atoms with E-state index in [1.807, 2.05) is 13.8 Å². The van der Waals surface area contributed by atoms with Crippen LogP contribution < -0.4 is 0 Å². The van der Waals surface area contributed by atoms with Gasteiger partial charge < -0.3 is 10.0 Å². The molecular weight excluding hydrogens is 396 g/mol. The van der Waals surface area contributed by atoms with Crippen LogP contribution >= 0.6 is 15.9 Å². The van der Waals surface area contributed by atoms with Crippen LogP contribution in [0.2, 0.25) is 0 Å². The summed E-state index contributed by atoms with van der Waals surface area (Å²) in [6.45, 7) is 3.98. The Bertz CT molecular complexity index is 844. The van der Waals surface area contributed by atoms with Crippen LogP contribution in [0.15, 0.2) is 46.0 Å². The lowest BCUT2D eigenvalue weighted by Crippen LogP contribution is -2.24. The molecule has 0 saturated carbocycles. The van der Waals surface area contributed by atoms with Gasteiger partial charge in [-0.1, -0.05) is 32.0 Å².